The average Bonchev–Trinajstić information content (AvgIpc) is 2.03. The van der Waals surface area contributed by atoms with Crippen molar-refractivity contribution in [3.8, 4) is 0 Å². The predicted octanol–water partition coefficient (Wildman–Crippen LogP) is 1.49. The Bertz CT molecular complexity index is 253. The van der Waals surface area contributed by atoms with Crippen LogP contribution in [0.1, 0.15) is 17.7 Å². The van der Waals surface area contributed by atoms with Crippen molar-refractivity contribution in [2.45, 2.75) is 20.3 Å². The van der Waals surface area contributed by atoms with Gasteiger partial charge in [-0.2, -0.15) is 0 Å². The Balaban J connectivity index is 2.56. The van der Waals surface area contributed by atoms with E-state index in [-0.39, 0.29) is 6.61 Å². The summed E-state index contributed by atoms with van der Waals surface area (Å²) in [6, 6.07) is 4.04. The molecule has 1 heterocycles. The number of nitrogens with zero attached hydrogens (tertiary/aromatic N) is 1. The molecule has 0 amide bonds. The van der Waals surface area contributed by atoms with E-state index < -0.39 is 0 Å². The highest BCUT2D eigenvalue weighted by Crippen LogP contribution is 2.08. The molecule has 3 heteroatoms. The monoisotopic (exact) mass is 180 g/mol. The molecular weight excluding hydrogens is 164 g/mol. The van der Waals surface area contributed by atoms with Crippen LogP contribution >= 0.6 is 0 Å². The van der Waals surface area contributed by atoms with Gasteiger partial charge < -0.3 is 10.4 Å². The fourth-order valence-electron chi connectivity index (χ4n) is 1.23. The first-order valence-corrected chi connectivity index (χ1v) is 4.52. The van der Waals surface area contributed by atoms with Gasteiger partial charge in [0.2, 0.25) is 0 Å². The third-order valence-corrected chi connectivity index (χ3v) is 1.74. The van der Waals surface area contributed by atoms with Gasteiger partial charge in [-0.15, -0.1) is 0 Å². The number of aliphatic hydroxyl groups excluding tert-OH is 1. The van der Waals surface area contributed by atoms with Crippen LogP contribution < -0.4 is 5.32 Å². The van der Waals surface area contributed by atoms with Crippen LogP contribution in [0.3, 0.4) is 0 Å². The third-order valence-electron chi connectivity index (χ3n) is 1.74. The fraction of sp³-hybridized carbons (Fsp3) is 0.500. The summed E-state index contributed by atoms with van der Waals surface area (Å²) in [7, 11) is 0. The lowest BCUT2D eigenvalue weighted by molar-refractivity contribution is 0.292. The van der Waals surface area contributed by atoms with Crippen molar-refractivity contribution < 1.29 is 5.11 Å². The van der Waals surface area contributed by atoms with E-state index in [1.165, 1.54) is 5.56 Å². The van der Waals surface area contributed by atoms with Crippen LogP contribution in [0.2, 0.25) is 0 Å². The second-order valence-electron chi connectivity index (χ2n) is 3.18. The summed E-state index contributed by atoms with van der Waals surface area (Å²) in [5, 5.41) is 11.7. The fourth-order valence-corrected chi connectivity index (χ4v) is 1.23. The Morgan fingerprint density at radius 2 is 2.15 bits per heavy atom. The zero-order valence-electron chi connectivity index (χ0n) is 8.17. The lowest BCUT2D eigenvalue weighted by atomic mass is 10.2. The molecule has 3 nitrogen and oxygen atoms in total. The molecule has 0 atom stereocenters. The summed E-state index contributed by atoms with van der Waals surface area (Å²) >= 11 is 0. The first kappa shape index (κ1) is 9.99. The van der Waals surface area contributed by atoms with E-state index in [1.54, 1.807) is 0 Å². The molecule has 0 saturated heterocycles. The number of aliphatic hydroxyl groups is 1. The van der Waals surface area contributed by atoms with Gasteiger partial charge in [-0.1, -0.05) is 0 Å². The molecule has 72 valence electrons. The SMILES string of the molecule is Cc1cc(C)nc(NCCCO)c1. The molecule has 0 aliphatic rings. The van der Waals surface area contributed by atoms with Gasteiger partial charge in [-0.05, 0) is 38.0 Å². The molecule has 0 aromatic carbocycles. The van der Waals surface area contributed by atoms with E-state index in [4.69, 9.17) is 5.11 Å². The molecule has 1 rings (SSSR count). The molecular formula is C10H16N2O. The molecule has 13 heavy (non-hydrogen) atoms. The lowest BCUT2D eigenvalue weighted by Crippen LogP contribution is -2.05. The maximum atomic E-state index is 8.59. The van der Waals surface area contributed by atoms with Gasteiger partial charge in [0.25, 0.3) is 0 Å². The standard InChI is InChI=1S/C10H16N2O/c1-8-6-9(2)12-10(7-8)11-4-3-5-13/h6-7,13H,3-5H2,1-2H3,(H,11,12). The quantitative estimate of drug-likeness (QED) is 0.690. The number of aryl methyl sites for hydroxylation is 2. The van der Waals surface area contributed by atoms with Gasteiger partial charge in [0.05, 0.1) is 0 Å². The van der Waals surface area contributed by atoms with Crippen LogP contribution in [0.5, 0.6) is 0 Å². The van der Waals surface area contributed by atoms with E-state index in [0.717, 1.165) is 24.5 Å². The van der Waals surface area contributed by atoms with Crippen molar-refractivity contribution in [1.82, 2.24) is 4.98 Å². The van der Waals surface area contributed by atoms with Crippen molar-refractivity contribution in [2.75, 3.05) is 18.5 Å². The number of aromatic nitrogens is 1. The number of rotatable bonds is 4. The van der Waals surface area contributed by atoms with Crippen molar-refractivity contribution in [3.63, 3.8) is 0 Å². The molecule has 1 aromatic rings. The molecule has 2 N–H and O–H groups in total. The van der Waals surface area contributed by atoms with Gasteiger partial charge >= 0.3 is 0 Å². The van der Waals surface area contributed by atoms with E-state index >= 15 is 0 Å². The van der Waals surface area contributed by atoms with Crippen LogP contribution in [0.25, 0.3) is 0 Å². The second-order valence-corrected chi connectivity index (χ2v) is 3.18. The normalized spacial score (nSPS) is 10.1. The Morgan fingerprint density at radius 1 is 1.38 bits per heavy atom. The Kier molecular flexibility index (Phi) is 3.71. The molecule has 0 radical (unpaired) electrons. The van der Waals surface area contributed by atoms with E-state index in [9.17, 15) is 0 Å². The molecule has 0 aliphatic heterocycles. The Morgan fingerprint density at radius 3 is 2.77 bits per heavy atom. The minimum Gasteiger partial charge on any atom is -0.396 e. The molecule has 0 saturated carbocycles. The highest BCUT2D eigenvalue weighted by molar-refractivity contribution is 5.38. The maximum Gasteiger partial charge on any atom is 0.126 e. The van der Waals surface area contributed by atoms with Gasteiger partial charge in [-0.25, -0.2) is 4.98 Å². The summed E-state index contributed by atoms with van der Waals surface area (Å²) in [4.78, 5) is 4.31. The van der Waals surface area contributed by atoms with Crippen LogP contribution in [0, 0.1) is 13.8 Å². The number of pyridine rings is 1. The first-order valence-electron chi connectivity index (χ1n) is 4.52. The van der Waals surface area contributed by atoms with Crippen molar-refractivity contribution in [3.05, 3.63) is 23.4 Å². The minimum atomic E-state index is 0.220. The summed E-state index contributed by atoms with van der Waals surface area (Å²) in [6.45, 7) is 5.01. The number of nitrogens with one attached hydrogen (secondary N) is 1. The highest BCUT2D eigenvalue weighted by Gasteiger charge is 1.95. The molecule has 0 unspecified atom stereocenters. The third kappa shape index (κ3) is 3.42. The largest absolute Gasteiger partial charge is 0.396 e. The Hall–Kier alpha value is -1.09. The minimum absolute atomic E-state index is 0.220. The van der Waals surface area contributed by atoms with Crippen LogP contribution in [0.4, 0.5) is 5.82 Å². The topological polar surface area (TPSA) is 45.2 Å². The maximum absolute atomic E-state index is 8.59. The summed E-state index contributed by atoms with van der Waals surface area (Å²) in [6.07, 6.45) is 0.759. The van der Waals surface area contributed by atoms with Crippen LogP contribution in [-0.2, 0) is 0 Å². The van der Waals surface area contributed by atoms with Gasteiger partial charge in [-0.3, -0.25) is 0 Å². The number of hydrogen-bond donors (Lipinski definition) is 2. The van der Waals surface area contributed by atoms with E-state index in [1.807, 2.05) is 26.0 Å². The molecule has 0 aliphatic carbocycles. The zero-order valence-corrected chi connectivity index (χ0v) is 8.17. The van der Waals surface area contributed by atoms with E-state index in [2.05, 4.69) is 10.3 Å². The van der Waals surface area contributed by atoms with E-state index in [0.29, 0.717) is 0 Å². The predicted molar refractivity (Wildman–Crippen MR) is 53.9 cm³/mol. The highest BCUT2D eigenvalue weighted by atomic mass is 16.3. The second kappa shape index (κ2) is 4.82. The van der Waals surface area contributed by atoms with Crippen molar-refractivity contribution in [1.29, 1.82) is 0 Å². The molecule has 0 bridgehead atoms. The lowest BCUT2D eigenvalue weighted by Gasteiger charge is -2.06. The summed E-state index contributed by atoms with van der Waals surface area (Å²) in [5.41, 5.74) is 2.23. The zero-order chi connectivity index (χ0) is 9.68. The molecule has 0 spiro atoms. The van der Waals surface area contributed by atoms with Gasteiger partial charge in [0.15, 0.2) is 0 Å². The van der Waals surface area contributed by atoms with Gasteiger partial charge in [0, 0.05) is 18.8 Å². The molecule has 0 fully saturated rings. The smallest absolute Gasteiger partial charge is 0.126 e. The number of anilines is 1. The Labute approximate surface area is 78.8 Å². The average molecular weight is 180 g/mol. The first-order chi connectivity index (χ1) is 6.22. The van der Waals surface area contributed by atoms with Crippen LogP contribution in [-0.4, -0.2) is 23.2 Å². The van der Waals surface area contributed by atoms with Crippen molar-refractivity contribution >= 4 is 5.82 Å². The summed E-state index contributed by atoms with van der Waals surface area (Å²) < 4.78 is 0. The van der Waals surface area contributed by atoms with Crippen LogP contribution in [0.15, 0.2) is 12.1 Å². The number of hydrogen-bond acceptors (Lipinski definition) is 3. The van der Waals surface area contributed by atoms with Gasteiger partial charge in [0.1, 0.15) is 5.82 Å². The molecule has 1 aromatic heterocycles. The van der Waals surface area contributed by atoms with Crippen molar-refractivity contribution in [2.24, 2.45) is 0 Å². The summed E-state index contributed by atoms with van der Waals surface area (Å²) in [5.74, 6) is 0.894.